The summed E-state index contributed by atoms with van der Waals surface area (Å²) in [5, 5.41) is 10.2. The number of aliphatic hydroxyl groups is 1. The standard InChI is InChI=1S/C14H20O3/c1-16-14-5-3-2-4-12(14)10-13(15)11-6-8-17-9-7-11/h2-5,11,13,15H,6-10H2,1H3. The minimum Gasteiger partial charge on any atom is -0.496 e. The molecule has 1 N–H and O–H groups in total. The first kappa shape index (κ1) is 12.4. The number of benzene rings is 1. The van der Waals surface area contributed by atoms with Gasteiger partial charge in [0.15, 0.2) is 0 Å². The van der Waals surface area contributed by atoms with Crippen LogP contribution in [0.3, 0.4) is 0 Å². The summed E-state index contributed by atoms with van der Waals surface area (Å²) in [6.07, 6.45) is 2.27. The van der Waals surface area contributed by atoms with Crippen LogP contribution in [-0.4, -0.2) is 31.5 Å². The molecule has 1 unspecified atom stereocenters. The van der Waals surface area contributed by atoms with Gasteiger partial charge in [-0.15, -0.1) is 0 Å². The van der Waals surface area contributed by atoms with E-state index in [1.54, 1.807) is 7.11 Å². The Labute approximate surface area is 102 Å². The Kier molecular flexibility index (Phi) is 4.40. The van der Waals surface area contributed by atoms with Crippen molar-refractivity contribution in [1.29, 1.82) is 0 Å². The molecule has 1 aliphatic heterocycles. The van der Waals surface area contributed by atoms with Crippen LogP contribution in [0.25, 0.3) is 0 Å². The first-order valence-electron chi connectivity index (χ1n) is 6.19. The molecule has 1 aliphatic rings. The molecule has 1 atom stereocenters. The van der Waals surface area contributed by atoms with E-state index < -0.39 is 0 Å². The van der Waals surface area contributed by atoms with Gasteiger partial charge in [0.1, 0.15) is 5.75 Å². The summed E-state index contributed by atoms with van der Waals surface area (Å²) in [5.74, 6) is 1.22. The minimum atomic E-state index is -0.296. The van der Waals surface area contributed by atoms with E-state index in [0.29, 0.717) is 12.3 Å². The van der Waals surface area contributed by atoms with E-state index in [0.717, 1.165) is 37.4 Å². The molecule has 1 aromatic rings. The quantitative estimate of drug-likeness (QED) is 0.869. The molecule has 0 amide bonds. The van der Waals surface area contributed by atoms with Crippen molar-refractivity contribution in [3.8, 4) is 5.75 Å². The molecule has 3 nitrogen and oxygen atoms in total. The van der Waals surface area contributed by atoms with Gasteiger partial charge < -0.3 is 14.6 Å². The van der Waals surface area contributed by atoms with Crippen LogP contribution in [0.4, 0.5) is 0 Å². The van der Waals surface area contributed by atoms with Gasteiger partial charge in [-0.3, -0.25) is 0 Å². The molecule has 1 fully saturated rings. The van der Waals surface area contributed by atoms with Crippen LogP contribution in [-0.2, 0) is 11.2 Å². The average Bonchev–Trinajstić information content (AvgIpc) is 2.40. The molecule has 94 valence electrons. The summed E-state index contributed by atoms with van der Waals surface area (Å²) in [6.45, 7) is 1.54. The minimum absolute atomic E-state index is 0.296. The van der Waals surface area contributed by atoms with Crippen molar-refractivity contribution in [2.75, 3.05) is 20.3 Å². The topological polar surface area (TPSA) is 38.7 Å². The fourth-order valence-electron chi connectivity index (χ4n) is 2.36. The van der Waals surface area contributed by atoms with Crippen LogP contribution >= 0.6 is 0 Å². The van der Waals surface area contributed by atoms with Gasteiger partial charge in [0.25, 0.3) is 0 Å². The van der Waals surface area contributed by atoms with Crippen molar-refractivity contribution in [1.82, 2.24) is 0 Å². The monoisotopic (exact) mass is 236 g/mol. The van der Waals surface area contributed by atoms with E-state index in [4.69, 9.17) is 9.47 Å². The Balaban J connectivity index is 1.99. The number of rotatable bonds is 4. The number of hydrogen-bond donors (Lipinski definition) is 1. The molecule has 0 aromatic heterocycles. The maximum Gasteiger partial charge on any atom is 0.122 e. The van der Waals surface area contributed by atoms with Crippen molar-refractivity contribution in [2.45, 2.75) is 25.4 Å². The van der Waals surface area contributed by atoms with Gasteiger partial charge in [-0.05, 0) is 30.4 Å². The zero-order valence-electron chi connectivity index (χ0n) is 10.3. The highest BCUT2D eigenvalue weighted by molar-refractivity contribution is 5.33. The molecule has 3 heteroatoms. The van der Waals surface area contributed by atoms with Crippen LogP contribution in [0.1, 0.15) is 18.4 Å². The molecule has 0 aliphatic carbocycles. The third-order valence-electron chi connectivity index (χ3n) is 3.43. The smallest absolute Gasteiger partial charge is 0.122 e. The maximum absolute atomic E-state index is 10.2. The van der Waals surface area contributed by atoms with Crippen molar-refractivity contribution >= 4 is 0 Å². The molecule has 17 heavy (non-hydrogen) atoms. The average molecular weight is 236 g/mol. The second-order valence-electron chi connectivity index (χ2n) is 4.53. The van der Waals surface area contributed by atoms with E-state index in [1.807, 2.05) is 24.3 Å². The largest absolute Gasteiger partial charge is 0.496 e. The number of ether oxygens (including phenoxy) is 2. The highest BCUT2D eigenvalue weighted by Gasteiger charge is 2.23. The van der Waals surface area contributed by atoms with Crippen LogP contribution < -0.4 is 4.74 Å². The molecular weight excluding hydrogens is 216 g/mol. The molecule has 1 heterocycles. The fraction of sp³-hybridized carbons (Fsp3) is 0.571. The second-order valence-corrected chi connectivity index (χ2v) is 4.53. The molecule has 0 radical (unpaired) electrons. The predicted molar refractivity (Wildman–Crippen MR) is 66.2 cm³/mol. The molecule has 1 saturated heterocycles. The fourth-order valence-corrected chi connectivity index (χ4v) is 2.36. The first-order valence-corrected chi connectivity index (χ1v) is 6.19. The summed E-state index contributed by atoms with van der Waals surface area (Å²) in [7, 11) is 1.67. The Morgan fingerprint density at radius 2 is 2.06 bits per heavy atom. The van der Waals surface area contributed by atoms with Crippen molar-refractivity contribution in [3.05, 3.63) is 29.8 Å². The summed E-state index contributed by atoms with van der Waals surface area (Å²) in [6, 6.07) is 7.88. The van der Waals surface area contributed by atoms with Crippen LogP contribution in [0, 0.1) is 5.92 Å². The van der Waals surface area contributed by atoms with E-state index in [-0.39, 0.29) is 6.10 Å². The normalized spacial score (nSPS) is 18.9. The SMILES string of the molecule is COc1ccccc1CC(O)C1CCOCC1. The Morgan fingerprint density at radius 3 is 2.76 bits per heavy atom. The molecule has 0 saturated carbocycles. The van der Waals surface area contributed by atoms with Crippen molar-refractivity contribution in [2.24, 2.45) is 5.92 Å². The summed E-state index contributed by atoms with van der Waals surface area (Å²) >= 11 is 0. The Morgan fingerprint density at radius 1 is 1.35 bits per heavy atom. The number of para-hydroxylation sites is 1. The summed E-state index contributed by atoms with van der Waals surface area (Å²) < 4.78 is 10.6. The van der Waals surface area contributed by atoms with Crippen LogP contribution in [0.15, 0.2) is 24.3 Å². The molecular formula is C14H20O3. The van der Waals surface area contributed by atoms with Gasteiger partial charge >= 0.3 is 0 Å². The van der Waals surface area contributed by atoms with E-state index in [1.165, 1.54) is 0 Å². The van der Waals surface area contributed by atoms with Crippen LogP contribution in [0.5, 0.6) is 5.75 Å². The van der Waals surface area contributed by atoms with Gasteiger partial charge in [-0.1, -0.05) is 18.2 Å². The Hall–Kier alpha value is -1.06. The lowest BCUT2D eigenvalue weighted by Gasteiger charge is -2.27. The first-order chi connectivity index (χ1) is 8.31. The third-order valence-corrected chi connectivity index (χ3v) is 3.43. The molecule has 1 aromatic carbocycles. The van der Waals surface area contributed by atoms with Gasteiger partial charge in [0, 0.05) is 19.6 Å². The molecule has 2 rings (SSSR count). The van der Waals surface area contributed by atoms with Gasteiger partial charge in [0.05, 0.1) is 13.2 Å². The lowest BCUT2D eigenvalue weighted by atomic mass is 9.90. The van der Waals surface area contributed by atoms with E-state index in [2.05, 4.69) is 0 Å². The van der Waals surface area contributed by atoms with Crippen molar-refractivity contribution < 1.29 is 14.6 Å². The van der Waals surface area contributed by atoms with Gasteiger partial charge in [0.2, 0.25) is 0 Å². The predicted octanol–water partition coefficient (Wildman–Crippen LogP) is 2.03. The lowest BCUT2D eigenvalue weighted by Crippen LogP contribution is -2.29. The van der Waals surface area contributed by atoms with Crippen molar-refractivity contribution in [3.63, 3.8) is 0 Å². The van der Waals surface area contributed by atoms with E-state index in [9.17, 15) is 5.11 Å². The number of aliphatic hydroxyl groups excluding tert-OH is 1. The molecule has 0 bridgehead atoms. The van der Waals surface area contributed by atoms with Gasteiger partial charge in [-0.2, -0.15) is 0 Å². The van der Waals surface area contributed by atoms with Gasteiger partial charge in [-0.25, -0.2) is 0 Å². The lowest BCUT2D eigenvalue weighted by molar-refractivity contribution is 0.00822. The van der Waals surface area contributed by atoms with Crippen LogP contribution in [0.2, 0.25) is 0 Å². The summed E-state index contributed by atoms with van der Waals surface area (Å²) in [5.41, 5.74) is 1.08. The number of hydrogen-bond acceptors (Lipinski definition) is 3. The zero-order chi connectivity index (χ0) is 12.1. The highest BCUT2D eigenvalue weighted by Crippen LogP contribution is 2.25. The van der Waals surface area contributed by atoms with E-state index >= 15 is 0 Å². The zero-order valence-corrected chi connectivity index (χ0v) is 10.3. The summed E-state index contributed by atoms with van der Waals surface area (Å²) in [4.78, 5) is 0. The molecule has 0 spiro atoms. The Bertz CT molecular complexity index is 345. The highest BCUT2D eigenvalue weighted by atomic mass is 16.5. The third kappa shape index (κ3) is 3.20. The second kappa shape index (κ2) is 6.03. The maximum atomic E-state index is 10.2. The number of methoxy groups -OCH3 is 1.